The fourth-order valence-electron chi connectivity index (χ4n) is 7.26. The van der Waals surface area contributed by atoms with Crippen molar-refractivity contribution in [3.05, 3.63) is 53.9 Å². The fourth-order valence-corrected chi connectivity index (χ4v) is 7.86. The number of methoxy groups -OCH3 is 1. The van der Waals surface area contributed by atoms with Gasteiger partial charge in [-0.1, -0.05) is 26.0 Å². The van der Waals surface area contributed by atoms with Gasteiger partial charge in [-0.25, -0.2) is 14.4 Å². The van der Waals surface area contributed by atoms with Crippen LogP contribution in [-0.2, 0) is 24.6 Å². The molecule has 0 spiro atoms. The summed E-state index contributed by atoms with van der Waals surface area (Å²) in [6.45, 7) is 6.61. The van der Waals surface area contributed by atoms with Crippen LogP contribution in [0.4, 0.5) is 0 Å². The van der Waals surface area contributed by atoms with Gasteiger partial charge >= 0.3 is 10.2 Å². The van der Waals surface area contributed by atoms with Crippen molar-refractivity contribution in [2.75, 3.05) is 34.8 Å². The van der Waals surface area contributed by atoms with Crippen LogP contribution in [0, 0.1) is 24.7 Å². The maximum absolute atomic E-state index is 14.2. The Bertz CT molecular complexity index is 2010. The molecule has 0 unspecified atom stereocenters. The molecule has 0 radical (unpaired) electrons. The molecule has 3 aromatic rings. The van der Waals surface area contributed by atoms with Gasteiger partial charge in [0.1, 0.15) is 23.1 Å². The number of benzene rings is 1. The van der Waals surface area contributed by atoms with Crippen LogP contribution >= 0.6 is 0 Å². The van der Waals surface area contributed by atoms with E-state index in [4.69, 9.17) is 19.6 Å². The van der Waals surface area contributed by atoms with E-state index < -0.39 is 45.5 Å². The molecule has 5 atom stereocenters. The molecule has 280 valence electrons. The number of aromatic nitrogens is 3. The number of hydrogen-bond donors (Lipinski definition) is 2. The molecule has 0 saturated heterocycles. The minimum Gasteiger partial charge on any atom is -0.496 e. The Morgan fingerprint density at radius 2 is 1.87 bits per heavy atom. The van der Waals surface area contributed by atoms with E-state index in [9.17, 15) is 22.8 Å². The summed E-state index contributed by atoms with van der Waals surface area (Å²) in [4.78, 5) is 48.5. The Labute approximate surface area is 305 Å². The van der Waals surface area contributed by atoms with Gasteiger partial charge in [-0.05, 0) is 69.6 Å². The predicted molar refractivity (Wildman–Crippen MR) is 195 cm³/mol. The van der Waals surface area contributed by atoms with E-state index in [1.165, 1.54) is 14.1 Å². The molecule has 2 fully saturated rings. The lowest BCUT2D eigenvalue weighted by Gasteiger charge is -2.27. The number of rotatable bonds is 8. The summed E-state index contributed by atoms with van der Waals surface area (Å²) >= 11 is 0. The largest absolute Gasteiger partial charge is 0.496 e. The van der Waals surface area contributed by atoms with Gasteiger partial charge < -0.3 is 19.7 Å². The van der Waals surface area contributed by atoms with Crippen molar-refractivity contribution in [2.45, 2.75) is 76.9 Å². The number of nitrogens with one attached hydrogen (secondary N) is 2. The summed E-state index contributed by atoms with van der Waals surface area (Å²) in [6, 6.07) is 7.52. The first kappa shape index (κ1) is 37.3. The highest BCUT2D eigenvalue weighted by Gasteiger charge is 2.62. The number of nitrogens with zero attached hydrogens (tertiary/aromatic N) is 5. The van der Waals surface area contributed by atoms with Gasteiger partial charge in [0, 0.05) is 56.8 Å². The van der Waals surface area contributed by atoms with Crippen molar-refractivity contribution in [3.63, 3.8) is 0 Å². The van der Waals surface area contributed by atoms with E-state index >= 15 is 0 Å². The van der Waals surface area contributed by atoms with Crippen LogP contribution in [0.5, 0.6) is 11.5 Å². The minimum atomic E-state index is -4.11. The Morgan fingerprint density at radius 1 is 1.12 bits per heavy atom. The minimum absolute atomic E-state index is 0.168. The Hall–Kier alpha value is -4.50. The molecular formula is C37H49N7O7S. The number of carbonyl (C=O) groups excluding carboxylic acids is 3. The average molecular weight is 736 g/mol. The number of fused-ring (bicyclic) bond motifs is 3. The third-order valence-electron chi connectivity index (χ3n) is 10.6. The van der Waals surface area contributed by atoms with E-state index in [1.807, 2.05) is 49.5 Å². The number of pyridine rings is 1. The quantitative estimate of drug-likeness (QED) is 0.329. The van der Waals surface area contributed by atoms with Crippen LogP contribution in [0.15, 0.2) is 42.6 Å². The topological polar surface area (TPSA) is 165 Å². The lowest BCUT2D eigenvalue weighted by molar-refractivity contribution is -0.140. The monoisotopic (exact) mass is 735 g/mol. The molecule has 6 rings (SSSR count). The summed E-state index contributed by atoms with van der Waals surface area (Å²) in [5, 5.41) is 8.40. The van der Waals surface area contributed by atoms with Crippen LogP contribution in [0.1, 0.15) is 69.5 Å². The maximum atomic E-state index is 14.2. The number of hydrogen-bond acceptors (Lipinski definition) is 9. The van der Waals surface area contributed by atoms with E-state index in [1.54, 1.807) is 23.7 Å². The zero-order valence-electron chi connectivity index (χ0n) is 30.9. The smallest absolute Gasteiger partial charge is 0.303 e. The summed E-state index contributed by atoms with van der Waals surface area (Å²) < 4.78 is 42.4. The van der Waals surface area contributed by atoms with E-state index in [-0.39, 0.29) is 37.0 Å². The molecular weight excluding hydrogens is 687 g/mol. The van der Waals surface area contributed by atoms with E-state index in [0.717, 1.165) is 40.2 Å². The predicted octanol–water partition coefficient (Wildman–Crippen LogP) is 3.63. The summed E-state index contributed by atoms with van der Waals surface area (Å²) in [5.41, 5.74) is 0.958. The normalized spacial score (nSPS) is 26.1. The third kappa shape index (κ3) is 7.25. The maximum Gasteiger partial charge on any atom is 0.303 e. The van der Waals surface area contributed by atoms with Crippen LogP contribution in [-0.4, -0.2) is 96.5 Å². The van der Waals surface area contributed by atoms with Crippen molar-refractivity contribution < 1.29 is 32.3 Å². The van der Waals surface area contributed by atoms with Gasteiger partial charge in [-0.15, -0.1) is 0 Å². The zero-order chi connectivity index (χ0) is 37.5. The van der Waals surface area contributed by atoms with E-state index in [2.05, 4.69) is 23.9 Å². The number of allylic oxidation sites excluding steroid dienone is 1. The first-order valence-electron chi connectivity index (χ1n) is 17.8. The van der Waals surface area contributed by atoms with Crippen molar-refractivity contribution in [1.82, 2.24) is 34.0 Å². The number of aryl methyl sites for hydroxylation is 1. The highest BCUT2D eigenvalue weighted by molar-refractivity contribution is 7.87. The molecule has 2 N–H and O–H groups in total. The Balaban J connectivity index is 1.34. The number of ether oxygens (including phenoxy) is 2. The van der Waals surface area contributed by atoms with Gasteiger partial charge in [-0.2, -0.15) is 17.8 Å². The first-order chi connectivity index (χ1) is 24.6. The highest BCUT2D eigenvalue weighted by Crippen LogP contribution is 2.47. The molecule has 2 saturated carbocycles. The fraction of sp³-hybridized carbons (Fsp3) is 0.541. The summed E-state index contributed by atoms with van der Waals surface area (Å²) in [7, 11) is 1.89. The molecule has 3 amide bonds. The lowest BCUT2D eigenvalue weighted by Crippen LogP contribution is -2.55. The molecule has 52 heavy (non-hydrogen) atoms. The van der Waals surface area contributed by atoms with Crippen LogP contribution in [0.2, 0.25) is 0 Å². The molecule has 3 heterocycles. The summed E-state index contributed by atoms with van der Waals surface area (Å²) in [5.74, 6) is -1.42. The molecule has 2 aliphatic carbocycles. The van der Waals surface area contributed by atoms with Crippen molar-refractivity contribution in [1.29, 1.82) is 0 Å². The molecule has 2 aromatic heterocycles. The van der Waals surface area contributed by atoms with Crippen LogP contribution < -0.4 is 19.5 Å². The Morgan fingerprint density at radius 3 is 2.56 bits per heavy atom. The molecule has 0 bridgehead atoms. The van der Waals surface area contributed by atoms with Crippen LogP contribution in [0.3, 0.4) is 0 Å². The van der Waals surface area contributed by atoms with E-state index in [0.29, 0.717) is 29.4 Å². The van der Waals surface area contributed by atoms with Gasteiger partial charge in [0.15, 0.2) is 5.82 Å². The molecule has 15 heteroatoms. The standard InChI is InChI=1S/C37H49N7O7S/c1-22(2)29-15-17-44(40-29)32-20-31(26-13-14-30(50-7)23(3)33(26)38-32)51-25-18-27-28(19-25)35(46)43(6)16-11-9-8-10-12-24-21-37(24,39-34(27)45)36(47)41-52(48,49)42(4)5/h10,12-15,17,20,22,24-25,27-28H,8-9,11,16,18-19,21H2,1-7H3,(H,39,45)(H,41,47)/b12-10-/t24-,25+,27+,28+,37+/m0/s1. The average Bonchev–Trinajstić information content (AvgIpc) is 3.40. The van der Waals surface area contributed by atoms with Crippen molar-refractivity contribution in [3.8, 4) is 17.3 Å². The second-order valence-electron chi connectivity index (χ2n) is 14.7. The molecule has 1 aliphatic heterocycles. The van der Waals surface area contributed by atoms with Gasteiger partial charge in [0.25, 0.3) is 5.91 Å². The van der Waals surface area contributed by atoms with Gasteiger partial charge in [0.05, 0.1) is 30.2 Å². The summed E-state index contributed by atoms with van der Waals surface area (Å²) in [6.07, 6.45) is 8.22. The van der Waals surface area contributed by atoms with Crippen LogP contribution in [0.25, 0.3) is 16.7 Å². The van der Waals surface area contributed by atoms with Crippen molar-refractivity contribution >= 4 is 38.8 Å². The molecule has 3 aliphatic rings. The van der Waals surface area contributed by atoms with Gasteiger partial charge in [-0.3, -0.25) is 14.4 Å². The number of amides is 3. The first-order valence-corrected chi connectivity index (χ1v) is 19.3. The second-order valence-corrected chi connectivity index (χ2v) is 16.6. The van der Waals surface area contributed by atoms with Crippen molar-refractivity contribution in [2.24, 2.45) is 17.8 Å². The third-order valence-corrected chi connectivity index (χ3v) is 12.0. The SMILES string of the molecule is COc1ccc2c(O[C@@H]3C[C@H]4C(=O)N[C@]5(C(=O)NS(=O)(=O)N(C)C)C[C@@H]5/C=C\CCCCN(C)C(=O)[C@@H]4C3)cc(-n3ccc(C(C)C)n3)nc2c1C. The molecule has 14 nitrogen and oxygen atoms in total. The molecule has 1 aromatic carbocycles. The Kier molecular flexibility index (Phi) is 10.4. The number of carbonyl (C=O) groups is 3. The second kappa shape index (κ2) is 14.5. The zero-order valence-corrected chi connectivity index (χ0v) is 31.7. The van der Waals surface area contributed by atoms with Gasteiger partial charge in [0.2, 0.25) is 11.8 Å². The highest BCUT2D eigenvalue weighted by atomic mass is 32.2. The lowest BCUT2D eigenvalue weighted by atomic mass is 9.93.